The number of aromatic nitrogens is 3. The molecule has 3 aromatic rings. The maximum absolute atomic E-state index is 12.2. The van der Waals surface area contributed by atoms with Gasteiger partial charge in [0, 0.05) is 29.7 Å². The second kappa shape index (κ2) is 9.18. The number of pyridine rings is 1. The van der Waals surface area contributed by atoms with Crippen molar-refractivity contribution in [3.8, 4) is 17.0 Å². The predicted octanol–water partition coefficient (Wildman–Crippen LogP) is 4.19. The molecule has 0 bridgehead atoms. The Morgan fingerprint density at radius 3 is 2.68 bits per heavy atom. The van der Waals surface area contributed by atoms with Gasteiger partial charge in [-0.1, -0.05) is 23.9 Å². The Labute approximate surface area is 167 Å². The summed E-state index contributed by atoms with van der Waals surface area (Å²) in [7, 11) is 1.58. The van der Waals surface area contributed by atoms with Crippen LogP contribution in [0.1, 0.15) is 17.3 Å². The first-order chi connectivity index (χ1) is 13.6. The molecule has 2 heterocycles. The molecule has 1 N–H and O–H groups in total. The van der Waals surface area contributed by atoms with E-state index in [0.29, 0.717) is 16.9 Å². The van der Waals surface area contributed by atoms with Crippen LogP contribution in [-0.4, -0.2) is 40.9 Å². The van der Waals surface area contributed by atoms with Crippen LogP contribution in [0, 0.1) is 0 Å². The molecule has 0 amide bonds. The maximum Gasteiger partial charge on any atom is 0.343 e. The Morgan fingerprint density at radius 1 is 1.14 bits per heavy atom. The van der Waals surface area contributed by atoms with Crippen LogP contribution in [-0.2, 0) is 4.74 Å². The Hall–Kier alpha value is -3.13. The van der Waals surface area contributed by atoms with Gasteiger partial charge in [-0.3, -0.25) is 0 Å². The van der Waals surface area contributed by atoms with Crippen molar-refractivity contribution in [3.05, 3.63) is 54.4 Å². The van der Waals surface area contributed by atoms with Crippen molar-refractivity contribution in [1.29, 1.82) is 0 Å². The number of methoxy groups -OCH3 is 1. The fraction of sp³-hybridized carbons (Fsp3) is 0.200. The van der Waals surface area contributed by atoms with Crippen LogP contribution in [0.4, 0.5) is 11.5 Å². The topological polar surface area (TPSA) is 86.2 Å². The largest absolute Gasteiger partial charge is 0.481 e. The quantitative estimate of drug-likeness (QED) is 0.361. The standard InChI is InChI=1S/C20H20N4O3S/c1-4-27-19(25)16-12-22-20(28-3)24-18(16)23-15-7-5-6-13(10-15)14-8-9-17(26-2)21-11-14/h5-12H,4H2,1-3H3,(H,22,23,24). The van der Waals surface area contributed by atoms with Crippen LogP contribution in [0.5, 0.6) is 5.88 Å². The van der Waals surface area contributed by atoms with E-state index < -0.39 is 5.97 Å². The second-order valence-electron chi connectivity index (χ2n) is 5.63. The minimum absolute atomic E-state index is 0.280. The molecular formula is C20H20N4O3S. The summed E-state index contributed by atoms with van der Waals surface area (Å²) in [6.45, 7) is 2.04. The number of esters is 1. The van der Waals surface area contributed by atoms with Crippen molar-refractivity contribution in [2.24, 2.45) is 0 Å². The lowest BCUT2D eigenvalue weighted by Gasteiger charge is -2.12. The SMILES string of the molecule is CCOC(=O)c1cnc(SC)nc1Nc1cccc(-c2ccc(OC)nc2)c1. The summed E-state index contributed by atoms with van der Waals surface area (Å²) < 4.78 is 10.2. The molecule has 0 aliphatic carbocycles. The first kappa shape index (κ1) is 19.6. The zero-order valence-electron chi connectivity index (χ0n) is 15.8. The van der Waals surface area contributed by atoms with Crippen molar-refractivity contribution in [1.82, 2.24) is 15.0 Å². The number of benzene rings is 1. The summed E-state index contributed by atoms with van der Waals surface area (Å²) in [5, 5.41) is 3.77. The molecule has 28 heavy (non-hydrogen) atoms. The summed E-state index contributed by atoms with van der Waals surface area (Å²) in [5.74, 6) is 0.499. The molecule has 0 atom stereocenters. The third-order valence-electron chi connectivity index (χ3n) is 3.85. The smallest absolute Gasteiger partial charge is 0.343 e. The average molecular weight is 396 g/mol. The van der Waals surface area contributed by atoms with Crippen LogP contribution < -0.4 is 10.1 Å². The minimum Gasteiger partial charge on any atom is -0.481 e. The molecule has 0 aliphatic heterocycles. The van der Waals surface area contributed by atoms with Gasteiger partial charge in [-0.15, -0.1) is 0 Å². The molecule has 0 saturated carbocycles. The van der Waals surface area contributed by atoms with Crippen molar-refractivity contribution < 1.29 is 14.3 Å². The molecule has 0 unspecified atom stereocenters. The van der Waals surface area contributed by atoms with Gasteiger partial charge in [0.25, 0.3) is 0 Å². The molecule has 144 valence electrons. The van der Waals surface area contributed by atoms with E-state index in [-0.39, 0.29) is 12.2 Å². The number of ether oxygens (including phenoxy) is 2. The first-order valence-corrected chi connectivity index (χ1v) is 9.82. The molecule has 0 aliphatic rings. The lowest BCUT2D eigenvalue weighted by atomic mass is 10.1. The maximum atomic E-state index is 12.2. The number of rotatable bonds is 7. The Balaban J connectivity index is 1.92. The van der Waals surface area contributed by atoms with Crippen molar-refractivity contribution in [2.75, 3.05) is 25.3 Å². The first-order valence-electron chi connectivity index (χ1n) is 8.60. The number of hydrogen-bond donors (Lipinski definition) is 1. The van der Waals surface area contributed by atoms with E-state index >= 15 is 0 Å². The zero-order chi connectivity index (χ0) is 19.9. The number of hydrogen-bond acceptors (Lipinski definition) is 8. The van der Waals surface area contributed by atoms with Crippen LogP contribution in [0.2, 0.25) is 0 Å². The lowest BCUT2D eigenvalue weighted by molar-refractivity contribution is 0.0526. The van der Waals surface area contributed by atoms with E-state index in [1.165, 1.54) is 18.0 Å². The minimum atomic E-state index is -0.465. The fourth-order valence-corrected chi connectivity index (χ4v) is 2.84. The molecule has 0 saturated heterocycles. The van der Waals surface area contributed by atoms with Crippen molar-refractivity contribution in [2.45, 2.75) is 12.1 Å². The number of thioether (sulfide) groups is 1. The van der Waals surface area contributed by atoms with E-state index in [0.717, 1.165) is 16.8 Å². The van der Waals surface area contributed by atoms with Crippen molar-refractivity contribution in [3.63, 3.8) is 0 Å². The van der Waals surface area contributed by atoms with Gasteiger partial charge < -0.3 is 14.8 Å². The number of anilines is 2. The number of nitrogens with one attached hydrogen (secondary N) is 1. The Bertz CT molecular complexity index is 964. The van der Waals surface area contributed by atoms with Gasteiger partial charge in [-0.2, -0.15) is 0 Å². The molecule has 1 aromatic carbocycles. The molecule has 0 fully saturated rings. The molecule has 0 spiro atoms. The van der Waals surface area contributed by atoms with Gasteiger partial charge in [0.05, 0.1) is 13.7 Å². The fourth-order valence-electron chi connectivity index (χ4n) is 2.50. The van der Waals surface area contributed by atoms with E-state index in [1.54, 1.807) is 20.2 Å². The predicted molar refractivity (Wildman–Crippen MR) is 109 cm³/mol. The second-order valence-corrected chi connectivity index (χ2v) is 6.41. The Morgan fingerprint density at radius 2 is 2.00 bits per heavy atom. The van der Waals surface area contributed by atoms with Gasteiger partial charge in [-0.25, -0.2) is 19.7 Å². The van der Waals surface area contributed by atoms with Crippen molar-refractivity contribution >= 4 is 29.2 Å². The third kappa shape index (κ3) is 4.58. The van der Waals surface area contributed by atoms with Crippen LogP contribution in [0.3, 0.4) is 0 Å². The zero-order valence-corrected chi connectivity index (χ0v) is 16.6. The monoisotopic (exact) mass is 396 g/mol. The van der Waals surface area contributed by atoms with Gasteiger partial charge in [0.15, 0.2) is 5.16 Å². The van der Waals surface area contributed by atoms with E-state index in [1.807, 2.05) is 42.7 Å². The van der Waals surface area contributed by atoms with Gasteiger partial charge in [-0.05, 0) is 36.9 Å². The van der Waals surface area contributed by atoms with Gasteiger partial charge in [0.1, 0.15) is 11.4 Å². The highest BCUT2D eigenvalue weighted by molar-refractivity contribution is 7.98. The highest BCUT2D eigenvalue weighted by Gasteiger charge is 2.16. The van der Waals surface area contributed by atoms with E-state index in [2.05, 4.69) is 20.3 Å². The summed E-state index contributed by atoms with van der Waals surface area (Å²) in [4.78, 5) is 25.1. The molecular weight excluding hydrogens is 376 g/mol. The highest BCUT2D eigenvalue weighted by Crippen LogP contribution is 2.27. The summed E-state index contributed by atoms with van der Waals surface area (Å²) >= 11 is 1.40. The molecule has 2 aromatic heterocycles. The Kier molecular flexibility index (Phi) is 6.44. The number of carbonyl (C=O) groups is 1. The average Bonchev–Trinajstić information content (AvgIpc) is 2.74. The highest BCUT2D eigenvalue weighted by atomic mass is 32.2. The summed E-state index contributed by atoms with van der Waals surface area (Å²) in [6.07, 6.45) is 5.11. The van der Waals surface area contributed by atoms with Crippen LogP contribution in [0.15, 0.2) is 53.9 Å². The number of carbonyl (C=O) groups excluding carboxylic acids is 1. The van der Waals surface area contributed by atoms with E-state index in [9.17, 15) is 4.79 Å². The van der Waals surface area contributed by atoms with Crippen LogP contribution in [0.25, 0.3) is 11.1 Å². The van der Waals surface area contributed by atoms with Gasteiger partial charge in [0.2, 0.25) is 5.88 Å². The molecule has 7 nitrogen and oxygen atoms in total. The van der Waals surface area contributed by atoms with Crippen LogP contribution >= 0.6 is 11.8 Å². The lowest BCUT2D eigenvalue weighted by Crippen LogP contribution is -2.10. The normalized spacial score (nSPS) is 10.4. The third-order valence-corrected chi connectivity index (χ3v) is 4.41. The molecule has 3 rings (SSSR count). The summed E-state index contributed by atoms with van der Waals surface area (Å²) in [6, 6.07) is 11.5. The molecule has 8 heteroatoms. The number of nitrogens with zero attached hydrogens (tertiary/aromatic N) is 3. The van der Waals surface area contributed by atoms with Gasteiger partial charge >= 0.3 is 5.97 Å². The summed E-state index contributed by atoms with van der Waals surface area (Å²) in [5.41, 5.74) is 2.99. The van der Waals surface area contributed by atoms with E-state index in [4.69, 9.17) is 9.47 Å². The molecule has 0 radical (unpaired) electrons.